The minimum atomic E-state index is -0.131. The first-order valence-corrected chi connectivity index (χ1v) is 10.3. The topological polar surface area (TPSA) is 107 Å². The monoisotopic (exact) mass is 424 g/mol. The van der Waals surface area contributed by atoms with Crippen molar-refractivity contribution in [3.05, 3.63) is 72.6 Å². The summed E-state index contributed by atoms with van der Waals surface area (Å²) < 4.78 is 1.72. The number of aromatic nitrogens is 4. The molecular weight excluding hydrogens is 403 g/mol. The molecule has 5 aromatic rings. The zero-order chi connectivity index (χ0) is 22.1. The van der Waals surface area contributed by atoms with Crippen LogP contribution in [0.4, 0.5) is 5.82 Å². The normalized spacial score (nSPS) is 11.1. The highest BCUT2D eigenvalue weighted by Crippen LogP contribution is 2.29. The van der Waals surface area contributed by atoms with Crippen molar-refractivity contribution in [3.8, 4) is 17.0 Å². The Hall–Kier alpha value is -4.27. The molecule has 32 heavy (non-hydrogen) atoms. The van der Waals surface area contributed by atoms with Crippen LogP contribution in [0.3, 0.4) is 0 Å². The van der Waals surface area contributed by atoms with Crippen molar-refractivity contribution in [3.63, 3.8) is 0 Å². The van der Waals surface area contributed by atoms with Gasteiger partial charge in [0.1, 0.15) is 19.4 Å². The van der Waals surface area contributed by atoms with Crippen LogP contribution < -0.4 is 16.1 Å². The highest BCUT2D eigenvalue weighted by Gasteiger charge is 2.14. The molecule has 0 aliphatic rings. The summed E-state index contributed by atoms with van der Waals surface area (Å²) in [5, 5.41) is 21.8. The summed E-state index contributed by atoms with van der Waals surface area (Å²) in [4.78, 5) is 20.4. The van der Waals surface area contributed by atoms with Crippen molar-refractivity contribution in [1.82, 2.24) is 24.9 Å². The molecule has 4 N–H and O–H groups in total. The molecule has 0 unspecified atom stereocenters. The molecule has 0 bridgehead atoms. The molecule has 158 valence electrons. The van der Waals surface area contributed by atoms with E-state index < -0.39 is 0 Å². The standard InChI is InChI=1S/C23H21BN6O2/c24-17-13-28-30-21(11-19(29-22(17)30)15-6-2-4-8-20(15)31)25-9-10-26-23(32)16-12-27-18-7-3-1-5-14(16)18/h1-8,11-13,25,27,31H,9-10,24H2,(H,26,32). The number of hydrogen-bond acceptors (Lipinski definition) is 5. The van der Waals surface area contributed by atoms with E-state index in [4.69, 9.17) is 0 Å². The lowest BCUT2D eigenvalue weighted by Gasteiger charge is -2.12. The number of phenolic OH excluding ortho intramolecular Hbond substituents is 1. The highest BCUT2D eigenvalue weighted by atomic mass is 16.3. The molecule has 9 heteroatoms. The number of nitrogens with one attached hydrogen (secondary N) is 3. The zero-order valence-electron chi connectivity index (χ0n) is 17.5. The van der Waals surface area contributed by atoms with Gasteiger partial charge in [-0.2, -0.15) is 9.61 Å². The molecular formula is C23H21BN6O2. The van der Waals surface area contributed by atoms with E-state index in [1.165, 1.54) is 0 Å². The van der Waals surface area contributed by atoms with Crippen molar-refractivity contribution in [1.29, 1.82) is 0 Å². The first-order chi connectivity index (χ1) is 15.6. The van der Waals surface area contributed by atoms with Gasteiger partial charge in [0.15, 0.2) is 5.65 Å². The van der Waals surface area contributed by atoms with Crippen molar-refractivity contribution < 1.29 is 9.90 Å². The Morgan fingerprint density at radius 1 is 1.12 bits per heavy atom. The van der Waals surface area contributed by atoms with Gasteiger partial charge >= 0.3 is 0 Å². The Bertz CT molecular complexity index is 1440. The first-order valence-electron chi connectivity index (χ1n) is 10.3. The lowest BCUT2D eigenvalue weighted by atomic mass is 10.0. The number of rotatable bonds is 6. The van der Waals surface area contributed by atoms with E-state index in [1.54, 1.807) is 29.0 Å². The first kappa shape index (κ1) is 19.7. The van der Waals surface area contributed by atoms with Crippen LogP contribution in [0.1, 0.15) is 10.4 Å². The van der Waals surface area contributed by atoms with Crippen LogP contribution in [0.2, 0.25) is 0 Å². The number of para-hydroxylation sites is 2. The lowest BCUT2D eigenvalue weighted by molar-refractivity contribution is 0.0957. The molecule has 0 saturated carbocycles. The predicted octanol–water partition coefficient (Wildman–Crippen LogP) is 1.68. The van der Waals surface area contributed by atoms with Gasteiger partial charge in [-0.05, 0) is 23.7 Å². The number of aromatic hydroxyl groups is 1. The van der Waals surface area contributed by atoms with Crippen LogP contribution in [0.25, 0.3) is 27.8 Å². The molecule has 0 aliphatic carbocycles. The van der Waals surface area contributed by atoms with Crippen LogP contribution in [0, 0.1) is 0 Å². The average molecular weight is 424 g/mol. The molecule has 5 rings (SSSR count). The number of carbonyl (C=O) groups is 1. The molecule has 3 aromatic heterocycles. The van der Waals surface area contributed by atoms with E-state index in [-0.39, 0.29) is 11.7 Å². The zero-order valence-corrected chi connectivity index (χ0v) is 17.5. The minimum absolute atomic E-state index is 0.131. The SMILES string of the molecule is Bc1cnn2c(NCCNC(=O)c3c[nH]c4ccccc34)cc(-c3ccccc3O)nc12. The predicted molar refractivity (Wildman–Crippen MR) is 127 cm³/mol. The van der Waals surface area contributed by atoms with Crippen molar-refractivity contribution in [2.45, 2.75) is 0 Å². The molecule has 0 spiro atoms. The Labute approximate surface area is 184 Å². The van der Waals surface area contributed by atoms with Crippen LogP contribution in [0.15, 0.2) is 67.0 Å². The maximum atomic E-state index is 12.6. The van der Waals surface area contributed by atoms with Crippen LogP contribution in [0.5, 0.6) is 5.75 Å². The van der Waals surface area contributed by atoms with Crippen LogP contribution in [-0.2, 0) is 0 Å². The Kier molecular flexibility index (Phi) is 4.99. The van der Waals surface area contributed by atoms with E-state index in [1.807, 2.05) is 50.3 Å². The van der Waals surface area contributed by atoms with Gasteiger partial charge in [-0.3, -0.25) is 4.79 Å². The second kappa shape index (κ2) is 8.11. The molecule has 1 amide bonds. The maximum Gasteiger partial charge on any atom is 0.253 e. The van der Waals surface area contributed by atoms with E-state index in [2.05, 4.69) is 25.7 Å². The van der Waals surface area contributed by atoms with Gasteiger partial charge in [0.05, 0.1) is 11.3 Å². The van der Waals surface area contributed by atoms with Gasteiger partial charge in [0.2, 0.25) is 0 Å². The average Bonchev–Trinajstić information content (AvgIpc) is 3.41. The summed E-state index contributed by atoms with van der Waals surface area (Å²) in [6, 6.07) is 16.6. The van der Waals surface area contributed by atoms with Gasteiger partial charge in [-0.1, -0.05) is 30.3 Å². The fourth-order valence-electron chi connectivity index (χ4n) is 3.75. The summed E-state index contributed by atoms with van der Waals surface area (Å²) in [5.74, 6) is 0.759. The van der Waals surface area contributed by atoms with E-state index in [0.717, 1.165) is 22.2 Å². The number of amides is 1. The number of aromatic amines is 1. The number of anilines is 1. The van der Waals surface area contributed by atoms with Crippen molar-refractivity contribution in [2.75, 3.05) is 18.4 Å². The lowest BCUT2D eigenvalue weighted by Crippen LogP contribution is -2.29. The number of phenols is 1. The molecule has 0 atom stereocenters. The number of benzene rings is 2. The number of fused-ring (bicyclic) bond motifs is 2. The highest BCUT2D eigenvalue weighted by molar-refractivity contribution is 6.36. The van der Waals surface area contributed by atoms with Gasteiger partial charge in [-0.15, -0.1) is 0 Å². The van der Waals surface area contributed by atoms with Crippen molar-refractivity contribution >= 4 is 41.6 Å². The quantitative estimate of drug-likeness (QED) is 0.245. The molecule has 0 saturated heterocycles. The van der Waals surface area contributed by atoms with Gasteiger partial charge < -0.3 is 20.7 Å². The summed E-state index contributed by atoms with van der Waals surface area (Å²) in [5.41, 5.74) is 4.47. The van der Waals surface area contributed by atoms with Crippen LogP contribution >= 0.6 is 0 Å². The third-order valence-corrected chi connectivity index (χ3v) is 5.38. The van der Waals surface area contributed by atoms with Gasteiger partial charge in [0, 0.05) is 48.0 Å². The molecule has 0 aliphatic heterocycles. The van der Waals surface area contributed by atoms with E-state index in [0.29, 0.717) is 35.6 Å². The molecule has 0 fully saturated rings. The maximum absolute atomic E-state index is 12.6. The third-order valence-electron chi connectivity index (χ3n) is 5.38. The molecule has 3 heterocycles. The van der Waals surface area contributed by atoms with E-state index >= 15 is 0 Å². The fraction of sp³-hybridized carbons (Fsp3) is 0.0870. The largest absolute Gasteiger partial charge is 0.507 e. The Balaban J connectivity index is 1.33. The van der Waals surface area contributed by atoms with Crippen LogP contribution in [-0.4, -0.2) is 51.5 Å². The second-order valence-electron chi connectivity index (χ2n) is 7.54. The molecule has 2 aromatic carbocycles. The summed E-state index contributed by atoms with van der Waals surface area (Å²) in [6.45, 7) is 0.917. The smallest absolute Gasteiger partial charge is 0.253 e. The molecule has 8 nitrogen and oxygen atoms in total. The Morgan fingerprint density at radius 3 is 2.81 bits per heavy atom. The second-order valence-corrected chi connectivity index (χ2v) is 7.54. The number of nitrogens with zero attached hydrogens (tertiary/aromatic N) is 3. The van der Waals surface area contributed by atoms with Gasteiger partial charge in [0.25, 0.3) is 5.91 Å². The van der Waals surface area contributed by atoms with Gasteiger partial charge in [-0.25, -0.2) is 4.98 Å². The summed E-state index contributed by atoms with van der Waals surface area (Å²) >= 11 is 0. The Morgan fingerprint density at radius 2 is 1.94 bits per heavy atom. The van der Waals surface area contributed by atoms with Crippen molar-refractivity contribution in [2.24, 2.45) is 0 Å². The number of hydrogen-bond donors (Lipinski definition) is 4. The number of H-pyrrole nitrogens is 1. The third kappa shape index (κ3) is 3.54. The summed E-state index contributed by atoms with van der Waals surface area (Å²) in [6.07, 6.45) is 3.48. The number of carbonyl (C=O) groups excluding carboxylic acids is 1. The molecule has 0 radical (unpaired) electrons. The fourth-order valence-corrected chi connectivity index (χ4v) is 3.75. The minimum Gasteiger partial charge on any atom is -0.507 e. The van der Waals surface area contributed by atoms with E-state index in [9.17, 15) is 9.90 Å². The summed E-state index contributed by atoms with van der Waals surface area (Å²) in [7, 11) is 1.94.